The van der Waals surface area contributed by atoms with Gasteiger partial charge >= 0.3 is 11.9 Å². The van der Waals surface area contributed by atoms with E-state index in [1.807, 2.05) is 43.3 Å². The van der Waals surface area contributed by atoms with Crippen LogP contribution in [0.25, 0.3) is 10.8 Å². The summed E-state index contributed by atoms with van der Waals surface area (Å²) in [6.45, 7) is 4.20. The zero-order valence-electron chi connectivity index (χ0n) is 15.2. The van der Waals surface area contributed by atoms with Crippen LogP contribution in [0.2, 0.25) is 0 Å². The second-order valence-corrected chi connectivity index (χ2v) is 5.73. The molecule has 0 aliphatic carbocycles. The number of fused-ring (bicyclic) bond motifs is 1. The highest BCUT2D eigenvalue weighted by molar-refractivity contribution is 6.05. The predicted octanol–water partition coefficient (Wildman–Crippen LogP) is 4.63. The Hall–Kier alpha value is -3.34. The summed E-state index contributed by atoms with van der Waals surface area (Å²) in [4.78, 5) is 24.7. The van der Waals surface area contributed by atoms with Gasteiger partial charge in [-0.1, -0.05) is 36.4 Å². The standard InChI is InChI=1S/C22H20O5/c1-3-25-20-14-16(21(23)26-4-2)12-13-19(20)27-22(24)18-11-7-9-15-8-5-6-10-17(15)18/h5-14H,3-4H2,1-2H3. The highest BCUT2D eigenvalue weighted by Gasteiger charge is 2.17. The summed E-state index contributed by atoms with van der Waals surface area (Å²) < 4.78 is 16.1. The predicted molar refractivity (Wildman–Crippen MR) is 102 cm³/mol. The molecule has 0 aliphatic heterocycles. The number of benzene rings is 3. The van der Waals surface area contributed by atoms with Crippen molar-refractivity contribution in [2.75, 3.05) is 13.2 Å². The Kier molecular flexibility index (Phi) is 5.71. The normalized spacial score (nSPS) is 10.4. The molecule has 5 heteroatoms. The fourth-order valence-corrected chi connectivity index (χ4v) is 2.76. The first kappa shape index (κ1) is 18.5. The zero-order chi connectivity index (χ0) is 19.2. The first-order valence-electron chi connectivity index (χ1n) is 8.78. The number of esters is 2. The molecule has 0 saturated carbocycles. The average molecular weight is 364 g/mol. The van der Waals surface area contributed by atoms with Crippen molar-refractivity contribution in [3.63, 3.8) is 0 Å². The van der Waals surface area contributed by atoms with E-state index in [2.05, 4.69) is 0 Å². The van der Waals surface area contributed by atoms with Crippen LogP contribution in [0, 0.1) is 0 Å². The molecule has 5 nitrogen and oxygen atoms in total. The molecule has 0 heterocycles. The molecule has 0 bridgehead atoms. The number of carbonyl (C=O) groups excluding carboxylic acids is 2. The monoisotopic (exact) mass is 364 g/mol. The van der Waals surface area contributed by atoms with Crippen molar-refractivity contribution >= 4 is 22.7 Å². The van der Waals surface area contributed by atoms with Crippen molar-refractivity contribution < 1.29 is 23.8 Å². The lowest BCUT2D eigenvalue weighted by molar-refractivity contribution is 0.0526. The van der Waals surface area contributed by atoms with Crippen molar-refractivity contribution in [3.8, 4) is 11.5 Å². The molecule has 3 rings (SSSR count). The molecule has 0 saturated heterocycles. The Morgan fingerprint density at radius 3 is 2.37 bits per heavy atom. The number of ether oxygens (including phenoxy) is 3. The molecule has 0 aliphatic rings. The molecule has 0 unspecified atom stereocenters. The van der Waals surface area contributed by atoms with E-state index >= 15 is 0 Å². The Morgan fingerprint density at radius 2 is 1.59 bits per heavy atom. The average Bonchev–Trinajstić information content (AvgIpc) is 2.69. The van der Waals surface area contributed by atoms with Gasteiger partial charge in [-0.25, -0.2) is 9.59 Å². The topological polar surface area (TPSA) is 61.8 Å². The second-order valence-electron chi connectivity index (χ2n) is 5.73. The number of hydrogen-bond donors (Lipinski definition) is 0. The Balaban J connectivity index is 1.91. The lowest BCUT2D eigenvalue weighted by Gasteiger charge is -2.13. The molecule has 0 aromatic heterocycles. The van der Waals surface area contributed by atoms with E-state index in [1.165, 1.54) is 6.07 Å². The number of carbonyl (C=O) groups is 2. The minimum Gasteiger partial charge on any atom is -0.490 e. The van der Waals surface area contributed by atoms with Crippen LogP contribution in [0.5, 0.6) is 11.5 Å². The molecule has 0 atom stereocenters. The number of rotatable bonds is 6. The molecular weight excluding hydrogens is 344 g/mol. The van der Waals surface area contributed by atoms with Crippen LogP contribution in [-0.4, -0.2) is 25.2 Å². The summed E-state index contributed by atoms with van der Waals surface area (Å²) in [6, 6.07) is 17.7. The Labute approximate surface area is 157 Å². The van der Waals surface area contributed by atoms with Crippen molar-refractivity contribution in [1.82, 2.24) is 0 Å². The number of hydrogen-bond acceptors (Lipinski definition) is 5. The van der Waals surface area contributed by atoms with Gasteiger partial charge in [0.25, 0.3) is 0 Å². The highest BCUT2D eigenvalue weighted by atomic mass is 16.6. The minimum absolute atomic E-state index is 0.253. The van der Waals surface area contributed by atoms with Gasteiger partial charge in [0.2, 0.25) is 0 Å². The quantitative estimate of drug-likeness (QED) is 0.471. The minimum atomic E-state index is -0.489. The van der Waals surface area contributed by atoms with Crippen LogP contribution in [0.1, 0.15) is 34.6 Å². The van der Waals surface area contributed by atoms with Crippen LogP contribution < -0.4 is 9.47 Å². The second kappa shape index (κ2) is 8.36. The molecular formula is C22H20O5. The summed E-state index contributed by atoms with van der Waals surface area (Å²) in [5.74, 6) is -0.374. The zero-order valence-corrected chi connectivity index (χ0v) is 15.2. The molecule has 3 aromatic rings. The van der Waals surface area contributed by atoms with Crippen molar-refractivity contribution in [2.24, 2.45) is 0 Å². The van der Waals surface area contributed by atoms with Gasteiger partial charge in [-0.3, -0.25) is 0 Å². The summed E-state index contributed by atoms with van der Waals surface area (Å²) in [5, 5.41) is 1.76. The van der Waals surface area contributed by atoms with Gasteiger partial charge in [0.15, 0.2) is 11.5 Å². The van der Waals surface area contributed by atoms with Crippen LogP contribution in [0.4, 0.5) is 0 Å². The Bertz CT molecular complexity index is 972. The molecule has 3 aromatic carbocycles. The fourth-order valence-electron chi connectivity index (χ4n) is 2.76. The van der Waals surface area contributed by atoms with E-state index < -0.39 is 11.9 Å². The van der Waals surface area contributed by atoms with Gasteiger partial charge in [0.1, 0.15) is 0 Å². The molecule has 27 heavy (non-hydrogen) atoms. The SMILES string of the molecule is CCOC(=O)c1ccc(OC(=O)c2cccc3ccccc23)c(OCC)c1. The van der Waals surface area contributed by atoms with Gasteiger partial charge in [-0.15, -0.1) is 0 Å². The van der Waals surface area contributed by atoms with Gasteiger partial charge in [0.05, 0.1) is 24.3 Å². The summed E-state index contributed by atoms with van der Waals surface area (Å²) in [7, 11) is 0. The van der Waals surface area contributed by atoms with E-state index in [0.717, 1.165) is 10.8 Å². The third-order valence-corrected chi connectivity index (χ3v) is 3.97. The molecule has 0 radical (unpaired) electrons. The van der Waals surface area contributed by atoms with E-state index in [4.69, 9.17) is 14.2 Å². The summed E-state index contributed by atoms with van der Waals surface area (Å²) in [6.07, 6.45) is 0. The Morgan fingerprint density at radius 1 is 0.815 bits per heavy atom. The van der Waals surface area contributed by atoms with Crippen molar-refractivity contribution in [3.05, 3.63) is 71.8 Å². The summed E-state index contributed by atoms with van der Waals surface area (Å²) >= 11 is 0. The van der Waals surface area contributed by atoms with Crippen LogP contribution in [-0.2, 0) is 4.74 Å². The van der Waals surface area contributed by atoms with Crippen molar-refractivity contribution in [1.29, 1.82) is 0 Å². The third kappa shape index (κ3) is 4.08. The maximum atomic E-state index is 12.7. The van der Waals surface area contributed by atoms with Crippen LogP contribution >= 0.6 is 0 Å². The van der Waals surface area contributed by atoms with Gasteiger partial charge in [0, 0.05) is 0 Å². The molecule has 0 N–H and O–H groups in total. The van der Waals surface area contributed by atoms with Crippen LogP contribution in [0.15, 0.2) is 60.7 Å². The molecule has 0 amide bonds. The van der Waals surface area contributed by atoms with Gasteiger partial charge < -0.3 is 14.2 Å². The van der Waals surface area contributed by atoms with Crippen LogP contribution in [0.3, 0.4) is 0 Å². The van der Waals surface area contributed by atoms with E-state index in [1.54, 1.807) is 25.1 Å². The maximum absolute atomic E-state index is 12.7. The lowest BCUT2D eigenvalue weighted by Crippen LogP contribution is -2.11. The maximum Gasteiger partial charge on any atom is 0.344 e. The van der Waals surface area contributed by atoms with E-state index in [9.17, 15) is 9.59 Å². The first-order chi connectivity index (χ1) is 13.1. The molecule has 138 valence electrons. The van der Waals surface area contributed by atoms with Gasteiger partial charge in [-0.2, -0.15) is 0 Å². The first-order valence-corrected chi connectivity index (χ1v) is 8.78. The summed E-state index contributed by atoms with van der Waals surface area (Å²) in [5.41, 5.74) is 0.801. The van der Waals surface area contributed by atoms with Crippen molar-refractivity contribution in [2.45, 2.75) is 13.8 Å². The van der Waals surface area contributed by atoms with E-state index in [0.29, 0.717) is 23.5 Å². The molecule has 0 spiro atoms. The fraction of sp³-hybridized carbons (Fsp3) is 0.182. The molecule has 0 fully saturated rings. The van der Waals surface area contributed by atoms with E-state index in [-0.39, 0.29) is 12.4 Å². The largest absolute Gasteiger partial charge is 0.490 e. The van der Waals surface area contributed by atoms with Gasteiger partial charge in [-0.05, 0) is 48.9 Å². The highest BCUT2D eigenvalue weighted by Crippen LogP contribution is 2.30. The lowest BCUT2D eigenvalue weighted by atomic mass is 10.0. The smallest absolute Gasteiger partial charge is 0.344 e. The third-order valence-electron chi connectivity index (χ3n) is 3.97.